The van der Waals surface area contributed by atoms with Crippen LogP contribution in [0.25, 0.3) is 0 Å². The van der Waals surface area contributed by atoms with Crippen LogP contribution in [-0.4, -0.2) is 34.0 Å². The van der Waals surface area contributed by atoms with Crippen LogP contribution in [0.15, 0.2) is 29.2 Å². The summed E-state index contributed by atoms with van der Waals surface area (Å²) < 4.78 is 25.4. The minimum absolute atomic E-state index is 0.0615. The largest absolute Gasteiger partial charge is 0.326 e. The zero-order valence-corrected chi connectivity index (χ0v) is 12.2. The van der Waals surface area contributed by atoms with Gasteiger partial charge in [0.15, 0.2) is 0 Å². The zero-order chi connectivity index (χ0) is 14.6. The van der Waals surface area contributed by atoms with Crippen molar-refractivity contribution < 1.29 is 13.2 Å². The van der Waals surface area contributed by atoms with Crippen LogP contribution in [0.5, 0.6) is 0 Å². The summed E-state index contributed by atoms with van der Waals surface area (Å²) in [6, 6.07) is 6.36. The van der Waals surface area contributed by atoms with E-state index in [0.29, 0.717) is 12.1 Å². The number of amides is 1. The van der Waals surface area contributed by atoms with Crippen LogP contribution in [0, 0.1) is 0 Å². The first-order valence-corrected chi connectivity index (χ1v) is 8.06. The van der Waals surface area contributed by atoms with Crippen molar-refractivity contribution in [1.29, 1.82) is 0 Å². The van der Waals surface area contributed by atoms with E-state index in [-0.39, 0.29) is 16.8 Å². The molecule has 1 aliphatic heterocycles. The second kappa shape index (κ2) is 6.34. The molecule has 1 atom stereocenters. The summed E-state index contributed by atoms with van der Waals surface area (Å²) in [7, 11) is -2.07. The zero-order valence-electron chi connectivity index (χ0n) is 11.3. The van der Waals surface area contributed by atoms with Gasteiger partial charge in [-0.1, -0.05) is 0 Å². The Morgan fingerprint density at radius 2 is 2.05 bits per heavy atom. The van der Waals surface area contributed by atoms with Crippen LogP contribution in [0.3, 0.4) is 0 Å². The van der Waals surface area contributed by atoms with Crippen LogP contribution >= 0.6 is 0 Å². The smallest absolute Gasteiger partial charge is 0.240 e. The van der Waals surface area contributed by atoms with E-state index >= 15 is 0 Å². The number of rotatable bonds is 5. The average Bonchev–Trinajstić information content (AvgIpc) is 2.92. The van der Waals surface area contributed by atoms with Crippen LogP contribution in [0.1, 0.15) is 19.3 Å². The molecule has 1 saturated heterocycles. The van der Waals surface area contributed by atoms with Crippen molar-refractivity contribution in [2.75, 3.05) is 18.9 Å². The Labute approximate surface area is 119 Å². The molecule has 0 aromatic heterocycles. The fourth-order valence-corrected chi connectivity index (χ4v) is 2.93. The van der Waals surface area contributed by atoms with Crippen molar-refractivity contribution in [2.24, 2.45) is 0 Å². The molecule has 0 spiro atoms. The standard InChI is InChI=1S/C13H19N3O3S/c1-14-20(18,19)12-6-4-10(5-7-12)16-13(17)9-11-3-2-8-15-11/h4-7,11,14-15H,2-3,8-9H2,1H3,(H,16,17). The molecule has 1 aromatic carbocycles. The van der Waals surface area contributed by atoms with Crippen molar-refractivity contribution in [3.05, 3.63) is 24.3 Å². The SMILES string of the molecule is CNS(=O)(=O)c1ccc(NC(=O)CC2CCCN2)cc1. The van der Waals surface area contributed by atoms with Crippen molar-refractivity contribution in [2.45, 2.75) is 30.2 Å². The Morgan fingerprint density at radius 1 is 1.35 bits per heavy atom. The number of sulfonamides is 1. The Morgan fingerprint density at radius 3 is 2.60 bits per heavy atom. The first-order valence-electron chi connectivity index (χ1n) is 6.58. The maximum Gasteiger partial charge on any atom is 0.240 e. The molecule has 0 aliphatic carbocycles. The number of hydrogen-bond donors (Lipinski definition) is 3. The minimum Gasteiger partial charge on any atom is -0.326 e. The summed E-state index contributed by atoms with van der Waals surface area (Å²) >= 11 is 0. The maximum atomic E-state index is 11.8. The molecule has 3 N–H and O–H groups in total. The first kappa shape index (κ1) is 15.0. The molecule has 1 unspecified atom stereocenters. The van der Waals surface area contributed by atoms with E-state index in [1.807, 2.05) is 0 Å². The highest BCUT2D eigenvalue weighted by atomic mass is 32.2. The molecule has 2 rings (SSSR count). The van der Waals surface area contributed by atoms with E-state index in [0.717, 1.165) is 19.4 Å². The second-order valence-corrected chi connectivity index (χ2v) is 6.66. The molecule has 110 valence electrons. The Bertz CT molecular complexity index is 563. The third-order valence-electron chi connectivity index (χ3n) is 3.31. The highest BCUT2D eigenvalue weighted by molar-refractivity contribution is 7.89. The summed E-state index contributed by atoms with van der Waals surface area (Å²) in [5.74, 6) is -0.0615. The van der Waals surface area contributed by atoms with Crippen LogP contribution in [0.4, 0.5) is 5.69 Å². The van der Waals surface area contributed by atoms with Crippen LogP contribution in [0.2, 0.25) is 0 Å². The van der Waals surface area contributed by atoms with Crippen molar-refractivity contribution >= 4 is 21.6 Å². The van der Waals surface area contributed by atoms with Gasteiger partial charge in [0.25, 0.3) is 0 Å². The van der Waals surface area contributed by atoms with Crippen LogP contribution in [-0.2, 0) is 14.8 Å². The maximum absolute atomic E-state index is 11.8. The first-order chi connectivity index (χ1) is 9.51. The molecule has 0 bridgehead atoms. The van der Waals surface area contributed by atoms with Gasteiger partial charge < -0.3 is 10.6 Å². The molecule has 1 amide bonds. The van der Waals surface area contributed by atoms with E-state index in [1.165, 1.54) is 19.2 Å². The summed E-state index contributed by atoms with van der Waals surface area (Å²) in [6.07, 6.45) is 2.57. The van der Waals surface area contributed by atoms with E-state index in [9.17, 15) is 13.2 Å². The van der Waals surface area contributed by atoms with E-state index in [4.69, 9.17) is 0 Å². The van der Waals surface area contributed by atoms with Crippen molar-refractivity contribution in [3.63, 3.8) is 0 Å². The van der Waals surface area contributed by atoms with Gasteiger partial charge in [0.2, 0.25) is 15.9 Å². The molecule has 0 radical (unpaired) electrons. The lowest BCUT2D eigenvalue weighted by molar-refractivity contribution is -0.116. The van der Waals surface area contributed by atoms with Crippen LogP contribution < -0.4 is 15.4 Å². The number of nitrogens with one attached hydrogen (secondary N) is 3. The minimum atomic E-state index is -3.43. The number of anilines is 1. The molecule has 7 heteroatoms. The summed E-state index contributed by atoms with van der Waals surface area (Å²) in [4.78, 5) is 12.0. The Kier molecular flexibility index (Phi) is 4.74. The molecule has 1 fully saturated rings. The Balaban J connectivity index is 1.95. The Hall–Kier alpha value is -1.44. The summed E-state index contributed by atoms with van der Waals surface area (Å²) in [5.41, 5.74) is 0.600. The predicted molar refractivity (Wildman–Crippen MR) is 77.0 cm³/mol. The number of carbonyl (C=O) groups excluding carboxylic acids is 1. The summed E-state index contributed by atoms with van der Waals surface area (Å²) in [5, 5.41) is 6.03. The van der Waals surface area contributed by atoms with Gasteiger partial charge in [-0.25, -0.2) is 13.1 Å². The van der Waals surface area contributed by atoms with Gasteiger partial charge in [-0.05, 0) is 50.7 Å². The lowest BCUT2D eigenvalue weighted by Gasteiger charge is -2.10. The number of hydrogen-bond acceptors (Lipinski definition) is 4. The van der Waals surface area contributed by atoms with E-state index < -0.39 is 10.0 Å². The van der Waals surface area contributed by atoms with Gasteiger partial charge in [-0.3, -0.25) is 4.79 Å². The molecular weight excluding hydrogens is 278 g/mol. The van der Waals surface area contributed by atoms with Crippen molar-refractivity contribution in [3.8, 4) is 0 Å². The van der Waals surface area contributed by atoms with E-state index in [1.54, 1.807) is 12.1 Å². The normalized spacial score (nSPS) is 18.9. The van der Waals surface area contributed by atoms with Crippen molar-refractivity contribution in [1.82, 2.24) is 10.0 Å². The number of carbonyl (C=O) groups is 1. The third-order valence-corrected chi connectivity index (χ3v) is 4.74. The molecule has 6 nitrogen and oxygen atoms in total. The molecular formula is C13H19N3O3S. The summed E-state index contributed by atoms with van der Waals surface area (Å²) in [6.45, 7) is 0.967. The molecule has 1 aromatic rings. The highest BCUT2D eigenvalue weighted by Crippen LogP contribution is 2.15. The van der Waals surface area contributed by atoms with Gasteiger partial charge in [-0.15, -0.1) is 0 Å². The monoisotopic (exact) mass is 297 g/mol. The lowest BCUT2D eigenvalue weighted by Crippen LogP contribution is -2.27. The van der Waals surface area contributed by atoms with Gasteiger partial charge in [0, 0.05) is 18.2 Å². The quantitative estimate of drug-likeness (QED) is 0.745. The molecule has 20 heavy (non-hydrogen) atoms. The molecule has 0 saturated carbocycles. The number of benzene rings is 1. The molecule has 1 heterocycles. The topological polar surface area (TPSA) is 87.3 Å². The fraction of sp³-hybridized carbons (Fsp3) is 0.462. The lowest BCUT2D eigenvalue weighted by atomic mass is 10.1. The van der Waals surface area contributed by atoms with Gasteiger partial charge >= 0.3 is 0 Å². The predicted octanol–water partition coefficient (Wildman–Crippen LogP) is 0.675. The fourth-order valence-electron chi connectivity index (χ4n) is 2.20. The highest BCUT2D eigenvalue weighted by Gasteiger charge is 2.17. The van der Waals surface area contributed by atoms with Gasteiger partial charge in [-0.2, -0.15) is 0 Å². The van der Waals surface area contributed by atoms with Gasteiger partial charge in [0.1, 0.15) is 0 Å². The van der Waals surface area contributed by atoms with E-state index in [2.05, 4.69) is 15.4 Å². The second-order valence-electron chi connectivity index (χ2n) is 4.78. The average molecular weight is 297 g/mol. The third kappa shape index (κ3) is 3.78. The molecule has 1 aliphatic rings. The van der Waals surface area contributed by atoms with Gasteiger partial charge in [0.05, 0.1) is 4.90 Å².